The number of amides is 1. The molecule has 0 bridgehead atoms. The van der Waals surface area contributed by atoms with Crippen molar-refractivity contribution in [1.29, 1.82) is 0 Å². The molecule has 0 aliphatic carbocycles. The normalized spacial score (nSPS) is 16.1. The molecule has 1 amide bonds. The second-order valence-electron chi connectivity index (χ2n) is 6.08. The summed E-state index contributed by atoms with van der Waals surface area (Å²) in [7, 11) is 1.62. The predicted molar refractivity (Wildman–Crippen MR) is 92.7 cm³/mol. The first-order chi connectivity index (χ1) is 12.2. The Hall–Kier alpha value is -3.02. The molecule has 3 heterocycles. The van der Waals surface area contributed by atoms with Crippen molar-refractivity contribution in [2.75, 3.05) is 13.7 Å². The number of fused-ring (bicyclic) bond motifs is 2. The molecule has 0 fully saturated rings. The van der Waals surface area contributed by atoms with Crippen LogP contribution in [0.2, 0.25) is 0 Å². The molecule has 6 heteroatoms. The molecule has 128 valence electrons. The third-order valence-electron chi connectivity index (χ3n) is 4.40. The maximum Gasteiger partial charge on any atom is 0.227 e. The number of rotatable bonds is 4. The number of imidazole rings is 1. The van der Waals surface area contributed by atoms with Gasteiger partial charge in [0.1, 0.15) is 12.3 Å². The summed E-state index contributed by atoms with van der Waals surface area (Å²) >= 11 is 0. The summed E-state index contributed by atoms with van der Waals surface area (Å²) in [6.07, 6.45) is 4.50. The van der Waals surface area contributed by atoms with Gasteiger partial charge in [-0.3, -0.25) is 4.79 Å². The predicted octanol–water partition coefficient (Wildman–Crippen LogP) is 2.21. The highest BCUT2D eigenvalue weighted by Crippen LogP contribution is 2.36. The minimum atomic E-state index is -0.211. The molecule has 0 spiro atoms. The fraction of sp³-hybridized carbons (Fsp3) is 0.263. The van der Waals surface area contributed by atoms with Gasteiger partial charge in [0.2, 0.25) is 5.91 Å². The van der Waals surface area contributed by atoms with Gasteiger partial charge in [-0.1, -0.05) is 18.2 Å². The van der Waals surface area contributed by atoms with Gasteiger partial charge < -0.3 is 19.2 Å². The number of benzene rings is 1. The van der Waals surface area contributed by atoms with Crippen molar-refractivity contribution in [3.63, 3.8) is 0 Å². The Kier molecular flexibility index (Phi) is 4.01. The quantitative estimate of drug-likeness (QED) is 0.793. The molecule has 6 nitrogen and oxygen atoms in total. The van der Waals surface area contributed by atoms with Gasteiger partial charge in [0.25, 0.3) is 0 Å². The third kappa shape index (κ3) is 3.03. The number of methoxy groups -OCH3 is 1. The first kappa shape index (κ1) is 15.5. The van der Waals surface area contributed by atoms with E-state index in [2.05, 4.69) is 10.3 Å². The first-order valence-corrected chi connectivity index (χ1v) is 8.23. The van der Waals surface area contributed by atoms with Crippen molar-refractivity contribution in [2.45, 2.75) is 13.0 Å². The van der Waals surface area contributed by atoms with Crippen molar-refractivity contribution in [3.8, 4) is 11.5 Å². The maximum absolute atomic E-state index is 12.5. The number of nitrogens with zero attached hydrogens (tertiary/aromatic N) is 2. The molecule has 3 aromatic rings. The van der Waals surface area contributed by atoms with Crippen molar-refractivity contribution < 1.29 is 14.3 Å². The van der Waals surface area contributed by atoms with Gasteiger partial charge in [-0.25, -0.2) is 4.98 Å². The standard InChI is InChI=1S/C19H19N3O3/c1-24-16-6-4-5-13-9-14(12-25-18(13)16)19(23)20-10-15-11-22-8-3-2-7-17(22)21-15/h2-8,11,14H,9-10,12H2,1H3,(H,20,23). The van der Waals surface area contributed by atoms with Crippen molar-refractivity contribution in [3.05, 3.63) is 60.0 Å². The summed E-state index contributed by atoms with van der Waals surface area (Å²) in [4.78, 5) is 17.0. The Bertz CT molecular complexity index is 886. The number of hydrogen-bond acceptors (Lipinski definition) is 4. The molecule has 25 heavy (non-hydrogen) atoms. The van der Waals surface area contributed by atoms with E-state index in [1.807, 2.05) is 53.2 Å². The van der Waals surface area contributed by atoms with Crippen molar-refractivity contribution >= 4 is 11.6 Å². The van der Waals surface area contributed by atoms with Gasteiger partial charge in [0.05, 0.1) is 25.3 Å². The SMILES string of the molecule is COc1cccc2c1OCC(C(=O)NCc1cn3ccccc3n1)C2. The topological polar surface area (TPSA) is 64.9 Å². The van der Waals surface area contributed by atoms with Gasteiger partial charge in [-0.15, -0.1) is 0 Å². The molecule has 1 aliphatic rings. The first-order valence-electron chi connectivity index (χ1n) is 8.23. The van der Waals surface area contributed by atoms with E-state index in [1.165, 1.54) is 0 Å². The van der Waals surface area contributed by atoms with Crippen LogP contribution in [-0.2, 0) is 17.8 Å². The minimum Gasteiger partial charge on any atom is -0.493 e. The largest absolute Gasteiger partial charge is 0.493 e. The van der Waals surface area contributed by atoms with Crippen LogP contribution in [0.4, 0.5) is 0 Å². The van der Waals surface area contributed by atoms with Crippen molar-refractivity contribution in [1.82, 2.24) is 14.7 Å². The van der Waals surface area contributed by atoms with E-state index >= 15 is 0 Å². The number of para-hydroxylation sites is 1. The number of nitrogens with one attached hydrogen (secondary N) is 1. The van der Waals surface area contributed by atoms with E-state index in [-0.39, 0.29) is 11.8 Å². The van der Waals surface area contributed by atoms with Crippen LogP contribution in [0, 0.1) is 5.92 Å². The third-order valence-corrected chi connectivity index (χ3v) is 4.40. The number of carbonyl (C=O) groups excluding carboxylic acids is 1. The van der Waals surface area contributed by atoms with Gasteiger partial charge in [-0.2, -0.15) is 0 Å². The van der Waals surface area contributed by atoms with Gasteiger partial charge in [0, 0.05) is 12.4 Å². The molecule has 1 N–H and O–H groups in total. The molecule has 1 aromatic carbocycles. The summed E-state index contributed by atoms with van der Waals surface area (Å²) in [5.74, 6) is 1.22. The lowest BCUT2D eigenvalue weighted by molar-refractivity contribution is -0.126. The fourth-order valence-corrected chi connectivity index (χ4v) is 3.12. The van der Waals surface area contributed by atoms with E-state index < -0.39 is 0 Å². The highest BCUT2D eigenvalue weighted by atomic mass is 16.5. The fourth-order valence-electron chi connectivity index (χ4n) is 3.12. The van der Waals surface area contributed by atoms with E-state index in [1.54, 1.807) is 7.11 Å². The van der Waals surface area contributed by atoms with Crippen LogP contribution in [0.1, 0.15) is 11.3 Å². The molecular weight excluding hydrogens is 318 g/mol. The monoisotopic (exact) mass is 337 g/mol. The average Bonchev–Trinajstić information content (AvgIpc) is 3.08. The molecule has 0 saturated carbocycles. The summed E-state index contributed by atoms with van der Waals surface area (Å²) < 4.78 is 13.0. The molecule has 2 aromatic heterocycles. The van der Waals surface area contributed by atoms with Crippen LogP contribution in [0.3, 0.4) is 0 Å². The van der Waals surface area contributed by atoms with Crippen LogP contribution in [-0.4, -0.2) is 29.0 Å². The lowest BCUT2D eigenvalue weighted by Gasteiger charge is -2.25. The van der Waals surface area contributed by atoms with Crippen LogP contribution in [0.25, 0.3) is 5.65 Å². The van der Waals surface area contributed by atoms with Gasteiger partial charge in [0.15, 0.2) is 11.5 Å². The minimum absolute atomic E-state index is 0.0227. The summed E-state index contributed by atoms with van der Waals surface area (Å²) in [5.41, 5.74) is 2.70. The van der Waals surface area contributed by atoms with Gasteiger partial charge >= 0.3 is 0 Å². The molecule has 1 atom stereocenters. The Morgan fingerprint density at radius 3 is 3.12 bits per heavy atom. The molecule has 1 unspecified atom stereocenters. The lowest BCUT2D eigenvalue weighted by atomic mass is 9.95. The van der Waals surface area contributed by atoms with Crippen LogP contribution < -0.4 is 14.8 Å². The number of ether oxygens (including phenoxy) is 2. The number of aromatic nitrogens is 2. The summed E-state index contributed by atoms with van der Waals surface area (Å²) in [6.45, 7) is 0.756. The molecule has 1 aliphatic heterocycles. The molecular formula is C19H19N3O3. The molecule has 0 radical (unpaired) electrons. The second-order valence-corrected chi connectivity index (χ2v) is 6.08. The summed E-state index contributed by atoms with van der Waals surface area (Å²) in [6, 6.07) is 11.6. The second kappa shape index (κ2) is 6.47. The van der Waals surface area contributed by atoms with Crippen LogP contribution in [0.15, 0.2) is 48.8 Å². The lowest BCUT2D eigenvalue weighted by Crippen LogP contribution is -2.37. The Morgan fingerprint density at radius 1 is 1.36 bits per heavy atom. The molecule has 4 rings (SSSR count). The smallest absolute Gasteiger partial charge is 0.227 e. The van der Waals surface area contributed by atoms with Crippen LogP contribution >= 0.6 is 0 Å². The highest BCUT2D eigenvalue weighted by Gasteiger charge is 2.27. The Labute approximate surface area is 145 Å². The Balaban J connectivity index is 1.41. The van der Waals surface area contributed by atoms with Crippen molar-refractivity contribution in [2.24, 2.45) is 5.92 Å². The zero-order valence-electron chi connectivity index (χ0n) is 13.9. The zero-order chi connectivity index (χ0) is 17.2. The average molecular weight is 337 g/mol. The number of hydrogen-bond donors (Lipinski definition) is 1. The van der Waals surface area contributed by atoms with E-state index in [9.17, 15) is 4.79 Å². The zero-order valence-corrected chi connectivity index (χ0v) is 13.9. The van der Waals surface area contributed by atoms with Gasteiger partial charge in [-0.05, 0) is 30.2 Å². The van der Waals surface area contributed by atoms with E-state index in [0.29, 0.717) is 25.3 Å². The number of pyridine rings is 1. The Morgan fingerprint density at radius 2 is 2.28 bits per heavy atom. The van der Waals surface area contributed by atoms with E-state index in [4.69, 9.17) is 9.47 Å². The molecule has 0 saturated heterocycles. The van der Waals surface area contributed by atoms with Crippen LogP contribution in [0.5, 0.6) is 11.5 Å². The maximum atomic E-state index is 12.5. The number of carbonyl (C=O) groups is 1. The van der Waals surface area contributed by atoms with E-state index in [0.717, 1.165) is 22.7 Å². The highest BCUT2D eigenvalue weighted by molar-refractivity contribution is 5.79. The summed E-state index contributed by atoms with van der Waals surface area (Å²) in [5, 5.41) is 2.96.